The smallest absolute Gasteiger partial charge is 0.478 e. The van der Waals surface area contributed by atoms with E-state index in [9.17, 15) is 9.59 Å². The van der Waals surface area contributed by atoms with E-state index >= 15 is 0 Å². The van der Waals surface area contributed by atoms with Crippen LogP contribution in [0.2, 0.25) is 0 Å². The van der Waals surface area contributed by atoms with E-state index in [1.807, 2.05) is 0 Å². The first-order valence-corrected chi connectivity index (χ1v) is 5.44. The van der Waals surface area contributed by atoms with Crippen molar-refractivity contribution in [3.63, 3.8) is 0 Å². The summed E-state index contributed by atoms with van der Waals surface area (Å²) in [6, 6.07) is 4.61. The number of para-hydroxylation sites is 1. The first-order valence-electron chi connectivity index (χ1n) is 5.44. The molecule has 0 heterocycles. The zero-order valence-electron chi connectivity index (χ0n) is 10.8. The minimum absolute atomic E-state index is 0.0132. The highest BCUT2D eigenvalue weighted by Crippen LogP contribution is 2.24. The number of rotatable bonds is 2. The fourth-order valence-corrected chi connectivity index (χ4v) is 1.31. The van der Waals surface area contributed by atoms with Crippen LogP contribution in [0.1, 0.15) is 36.7 Å². The molecule has 0 aliphatic rings. The molecule has 5 nitrogen and oxygen atoms in total. The molecule has 1 aromatic rings. The Balaban J connectivity index is 2.97. The molecule has 0 amide bonds. The third-order valence-corrected chi connectivity index (χ3v) is 2.02. The van der Waals surface area contributed by atoms with Crippen LogP contribution in [0.3, 0.4) is 0 Å². The van der Waals surface area contributed by atoms with Gasteiger partial charge in [-0.2, -0.15) is 0 Å². The summed E-state index contributed by atoms with van der Waals surface area (Å²) in [5, 5.41) is 9.00. The zero-order valence-corrected chi connectivity index (χ0v) is 10.8. The summed E-state index contributed by atoms with van der Waals surface area (Å²) in [6.07, 6.45) is -0.917. The Labute approximate surface area is 105 Å². The average Bonchev–Trinajstić information content (AvgIpc) is 2.17. The van der Waals surface area contributed by atoms with Gasteiger partial charge in [-0.3, -0.25) is 0 Å². The lowest BCUT2D eigenvalue weighted by atomic mass is 10.1. The van der Waals surface area contributed by atoms with Crippen LogP contribution in [-0.2, 0) is 4.74 Å². The molecule has 98 valence electrons. The van der Waals surface area contributed by atoms with Crippen LogP contribution in [0.25, 0.3) is 0 Å². The van der Waals surface area contributed by atoms with Crippen molar-refractivity contribution in [3.05, 3.63) is 29.3 Å². The Morgan fingerprint density at radius 1 is 1.22 bits per heavy atom. The average molecular weight is 252 g/mol. The van der Waals surface area contributed by atoms with Gasteiger partial charge in [0.05, 0.1) is 0 Å². The minimum atomic E-state index is -1.16. The second-order valence-corrected chi connectivity index (χ2v) is 4.82. The van der Waals surface area contributed by atoms with E-state index < -0.39 is 17.7 Å². The number of ether oxygens (including phenoxy) is 2. The third kappa shape index (κ3) is 3.76. The summed E-state index contributed by atoms with van der Waals surface area (Å²) in [4.78, 5) is 22.5. The van der Waals surface area contributed by atoms with E-state index in [1.165, 1.54) is 6.07 Å². The van der Waals surface area contributed by atoms with Crippen LogP contribution in [0, 0.1) is 6.92 Å². The molecule has 0 spiro atoms. The van der Waals surface area contributed by atoms with Crippen LogP contribution in [0.15, 0.2) is 18.2 Å². The van der Waals surface area contributed by atoms with Crippen molar-refractivity contribution in [2.75, 3.05) is 0 Å². The van der Waals surface area contributed by atoms with E-state index in [4.69, 9.17) is 14.6 Å². The van der Waals surface area contributed by atoms with Gasteiger partial charge in [-0.25, -0.2) is 9.59 Å². The van der Waals surface area contributed by atoms with Crippen LogP contribution >= 0.6 is 0 Å². The van der Waals surface area contributed by atoms with E-state index in [0.717, 1.165) is 0 Å². The molecule has 0 saturated carbocycles. The van der Waals surface area contributed by atoms with Gasteiger partial charge in [0.2, 0.25) is 0 Å². The molecule has 1 aromatic carbocycles. The SMILES string of the molecule is Cc1cccc(C(=O)O)c1OC(=O)OC(C)(C)C. The predicted octanol–water partition coefficient (Wildman–Crippen LogP) is 3.01. The number of carbonyl (C=O) groups is 2. The largest absolute Gasteiger partial charge is 0.514 e. The molecule has 0 unspecified atom stereocenters. The number of carboxylic acids is 1. The van der Waals surface area contributed by atoms with Crippen LogP contribution < -0.4 is 4.74 Å². The molecule has 0 saturated heterocycles. The highest BCUT2D eigenvalue weighted by atomic mass is 16.7. The van der Waals surface area contributed by atoms with E-state index in [2.05, 4.69) is 0 Å². The summed E-state index contributed by atoms with van der Waals surface area (Å²) >= 11 is 0. The fraction of sp³-hybridized carbons (Fsp3) is 0.385. The maximum atomic E-state index is 11.5. The molecule has 0 aliphatic heterocycles. The minimum Gasteiger partial charge on any atom is -0.478 e. The van der Waals surface area contributed by atoms with Gasteiger partial charge in [-0.15, -0.1) is 0 Å². The molecule has 1 N–H and O–H groups in total. The molecule has 0 aromatic heterocycles. The maximum Gasteiger partial charge on any atom is 0.514 e. The second-order valence-electron chi connectivity index (χ2n) is 4.82. The van der Waals surface area contributed by atoms with Crippen molar-refractivity contribution < 1.29 is 24.2 Å². The third-order valence-electron chi connectivity index (χ3n) is 2.02. The lowest BCUT2D eigenvalue weighted by molar-refractivity contribution is 0.0202. The van der Waals surface area contributed by atoms with Gasteiger partial charge >= 0.3 is 12.1 Å². The summed E-state index contributed by atoms with van der Waals surface area (Å²) in [6.45, 7) is 6.75. The Bertz CT molecular complexity index is 471. The number of carbonyl (C=O) groups excluding carboxylic acids is 1. The van der Waals surface area contributed by atoms with Gasteiger partial charge in [0.25, 0.3) is 0 Å². The van der Waals surface area contributed by atoms with Gasteiger partial charge in [-0.05, 0) is 39.3 Å². The van der Waals surface area contributed by atoms with Crippen LogP contribution in [0.4, 0.5) is 4.79 Å². The van der Waals surface area contributed by atoms with Crippen molar-refractivity contribution in [2.45, 2.75) is 33.3 Å². The van der Waals surface area contributed by atoms with Gasteiger partial charge in [0.15, 0.2) is 5.75 Å². The lowest BCUT2D eigenvalue weighted by Gasteiger charge is -2.19. The number of benzene rings is 1. The first kappa shape index (κ1) is 14.0. The second kappa shape index (κ2) is 5.08. The van der Waals surface area contributed by atoms with Crippen molar-refractivity contribution in [1.82, 2.24) is 0 Å². The molecule has 0 aliphatic carbocycles. The number of aryl methyl sites for hydroxylation is 1. The Hall–Kier alpha value is -2.04. The van der Waals surface area contributed by atoms with Gasteiger partial charge in [0.1, 0.15) is 11.2 Å². The summed E-state index contributed by atoms with van der Waals surface area (Å²) in [5.74, 6) is -1.14. The maximum absolute atomic E-state index is 11.5. The van der Waals surface area contributed by atoms with Crippen LogP contribution in [0.5, 0.6) is 5.75 Å². The lowest BCUT2D eigenvalue weighted by Crippen LogP contribution is -2.26. The Morgan fingerprint density at radius 2 is 1.83 bits per heavy atom. The topological polar surface area (TPSA) is 72.8 Å². The number of hydrogen-bond donors (Lipinski definition) is 1. The Morgan fingerprint density at radius 3 is 2.33 bits per heavy atom. The quantitative estimate of drug-likeness (QED) is 0.647. The molecule has 0 atom stereocenters. The number of aromatic carboxylic acids is 1. The molecule has 5 heteroatoms. The van der Waals surface area contributed by atoms with Gasteiger partial charge < -0.3 is 14.6 Å². The monoisotopic (exact) mass is 252 g/mol. The number of carboxylic acid groups (broad SMARTS) is 1. The van der Waals surface area contributed by atoms with Crippen molar-refractivity contribution >= 4 is 12.1 Å². The molecule has 1 rings (SSSR count). The van der Waals surface area contributed by atoms with Crippen molar-refractivity contribution in [2.24, 2.45) is 0 Å². The molecular formula is C13H16O5. The highest BCUT2D eigenvalue weighted by molar-refractivity contribution is 5.92. The summed E-state index contributed by atoms with van der Waals surface area (Å²) < 4.78 is 9.95. The van der Waals surface area contributed by atoms with Crippen molar-refractivity contribution in [1.29, 1.82) is 0 Å². The first-order chi connectivity index (χ1) is 8.20. The highest BCUT2D eigenvalue weighted by Gasteiger charge is 2.21. The van der Waals surface area contributed by atoms with Crippen molar-refractivity contribution in [3.8, 4) is 5.75 Å². The fourth-order valence-electron chi connectivity index (χ4n) is 1.31. The molecule has 0 radical (unpaired) electrons. The molecule has 0 bridgehead atoms. The molecule has 18 heavy (non-hydrogen) atoms. The molecule has 0 fully saturated rings. The summed E-state index contributed by atoms with van der Waals surface area (Å²) in [5.41, 5.74) is -0.204. The summed E-state index contributed by atoms with van der Waals surface area (Å²) in [7, 11) is 0. The van der Waals surface area contributed by atoms with E-state index in [0.29, 0.717) is 5.56 Å². The number of hydrogen-bond acceptors (Lipinski definition) is 4. The standard InChI is InChI=1S/C13H16O5/c1-8-6-5-7-9(11(14)15)10(8)17-12(16)18-13(2,3)4/h5-7H,1-4H3,(H,14,15). The van der Waals surface area contributed by atoms with E-state index in [-0.39, 0.29) is 11.3 Å². The molecular weight excluding hydrogens is 236 g/mol. The zero-order chi connectivity index (χ0) is 13.9. The van der Waals surface area contributed by atoms with Crippen LogP contribution in [-0.4, -0.2) is 22.8 Å². The normalized spacial score (nSPS) is 10.9. The Kier molecular flexibility index (Phi) is 3.96. The van der Waals surface area contributed by atoms with Gasteiger partial charge in [-0.1, -0.05) is 12.1 Å². The predicted molar refractivity (Wildman–Crippen MR) is 65.0 cm³/mol. The van der Waals surface area contributed by atoms with E-state index in [1.54, 1.807) is 39.8 Å². The van der Waals surface area contributed by atoms with Gasteiger partial charge in [0, 0.05) is 0 Å².